The summed E-state index contributed by atoms with van der Waals surface area (Å²) in [6, 6.07) is 57.4. The molecule has 0 fully saturated rings. The van der Waals surface area contributed by atoms with Crippen LogP contribution >= 0.6 is 0 Å². The Labute approximate surface area is 313 Å². The average molecular weight is 691 g/mol. The Hall–Kier alpha value is -7.04. The number of rotatable bonds is 6. The second-order valence-electron chi connectivity index (χ2n) is 13.8. The highest BCUT2D eigenvalue weighted by Gasteiger charge is 2.18. The highest BCUT2D eigenvalue weighted by Crippen LogP contribution is 2.38. The van der Waals surface area contributed by atoms with E-state index >= 15 is 0 Å². The van der Waals surface area contributed by atoms with Crippen LogP contribution in [0.5, 0.6) is 0 Å². The zero-order valence-corrected chi connectivity index (χ0v) is 29.5. The molecule has 1 aliphatic rings. The second kappa shape index (κ2) is 13.5. The fourth-order valence-electron chi connectivity index (χ4n) is 7.69. The van der Waals surface area contributed by atoms with Crippen molar-refractivity contribution in [3.63, 3.8) is 0 Å². The van der Waals surface area contributed by atoms with Gasteiger partial charge in [-0.1, -0.05) is 164 Å². The van der Waals surface area contributed by atoms with Gasteiger partial charge in [0.15, 0.2) is 5.82 Å². The summed E-state index contributed by atoms with van der Waals surface area (Å²) in [4.78, 5) is 20.0. The molecule has 0 amide bonds. The number of fused-ring (bicyclic) bond motifs is 4. The molecule has 0 saturated heterocycles. The Morgan fingerprint density at radius 3 is 1.91 bits per heavy atom. The van der Waals surface area contributed by atoms with Gasteiger partial charge >= 0.3 is 0 Å². The molecule has 1 aliphatic carbocycles. The Morgan fingerprint density at radius 2 is 1.13 bits per heavy atom. The molecule has 0 spiro atoms. The maximum absolute atomic E-state index is 5.20. The zero-order chi connectivity index (χ0) is 35.8. The minimum absolute atomic E-state index is 0.358. The molecule has 254 valence electrons. The summed E-state index contributed by atoms with van der Waals surface area (Å²) < 4.78 is 0. The van der Waals surface area contributed by atoms with Gasteiger partial charge in [0.25, 0.3) is 0 Å². The van der Waals surface area contributed by atoms with Crippen molar-refractivity contribution in [2.75, 3.05) is 0 Å². The molecule has 1 unspecified atom stereocenters. The first kappa shape index (κ1) is 31.7. The van der Waals surface area contributed by atoms with Crippen LogP contribution in [0.25, 0.3) is 83.2 Å². The predicted molar refractivity (Wildman–Crippen MR) is 223 cm³/mol. The van der Waals surface area contributed by atoms with E-state index in [2.05, 4.69) is 163 Å². The van der Waals surface area contributed by atoms with Crippen LogP contribution in [0.3, 0.4) is 0 Å². The highest BCUT2D eigenvalue weighted by atomic mass is 14.9. The second-order valence-corrected chi connectivity index (χ2v) is 13.8. The van der Waals surface area contributed by atoms with Crippen molar-refractivity contribution in [2.24, 2.45) is 0 Å². The van der Waals surface area contributed by atoms with E-state index < -0.39 is 0 Å². The summed E-state index contributed by atoms with van der Waals surface area (Å²) in [6.45, 7) is 0. The van der Waals surface area contributed by atoms with Crippen LogP contribution in [0.2, 0.25) is 0 Å². The Morgan fingerprint density at radius 1 is 0.463 bits per heavy atom. The summed E-state index contributed by atoms with van der Waals surface area (Å²) in [5, 5.41) is 4.50. The van der Waals surface area contributed by atoms with Crippen LogP contribution in [0, 0.1) is 0 Å². The Kier molecular flexibility index (Phi) is 7.92. The van der Waals surface area contributed by atoms with Gasteiger partial charge in [0.2, 0.25) is 0 Å². The molecule has 0 aliphatic heterocycles. The smallest absolute Gasteiger partial charge is 0.160 e. The van der Waals surface area contributed by atoms with Crippen LogP contribution in [0.15, 0.2) is 188 Å². The van der Waals surface area contributed by atoms with Gasteiger partial charge in [0.05, 0.1) is 28.1 Å². The van der Waals surface area contributed by atoms with Crippen molar-refractivity contribution in [3.8, 4) is 45.0 Å². The third kappa shape index (κ3) is 5.84. The zero-order valence-electron chi connectivity index (χ0n) is 29.5. The molecular formula is C50H34N4. The predicted octanol–water partition coefficient (Wildman–Crippen LogP) is 12.5. The summed E-state index contributed by atoms with van der Waals surface area (Å²) in [6.07, 6.45) is 9.60. The molecule has 0 N–H and O–H groups in total. The summed E-state index contributed by atoms with van der Waals surface area (Å²) in [5.41, 5.74) is 12.5. The standard InChI is InChI=1S/C50H34N4/c1-3-10-33(11-4-1)34-17-21-37(22-18-34)46-32-47(54-50(53-46)40-12-5-2-6-13-40)44-29-28-41(42-15-7-8-16-43(42)44)35-19-23-36(24-20-35)45-30-27-39-26-25-38-14-9-31-51-48(38)49(39)52-45/h1-17,19-32,34H,18H2. The van der Waals surface area contributed by atoms with Crippen molar-refractivity contribution in [1.82, 2.24) is 19.9 Å². The van der Waals surface area contributed by atoms with Crippen LogP contribution < -0.4 is 0 Å². The van der Waals surface area contributed by atoms with Gasteiger partial charge < -0.3 is 0 Å². The van der Waals surface area contributed by atoms with Crippen LogP contribution in [-0.4, -0.2) is 19.9 Å². The van der Waals surface area contributed by atoms with E-state index in [1.165, 1.54) is 16.5 Å². The largest absolute Gasteiger partial charge is 0.254 e. The van der Waals surface area contributed by atoms with Crippen molar-refractivity contribution in [3.05, 3.63) is 199 Å². The van der Waals surface area contributed by atoms with E-state index in [1.807, 2.05) is 30.5 Å². The minimum Gasteiger partial charge on any atom is -0.254 e. The quantitative estimate of drug-likeness (QED) is 0.163. The Balaban J connectivity index is 1.03. The maximum Gasteiger partial charge on any atom is 0.160 e. The number of aromatic nitrogens is 4. The Bertz CT molecular complexity index is 2890. The first-order valence-corrected chi connectivity index (χ1v) is 18.4. The van der Waals surface area contributed by atoms with Crippen molar-refractivity contribution in [2.45, 2.75) is 12.3 Å². The van der Waals surface area contributed by atoms with E-state index in [-0.39, 0.29) is 0 Å². The number of nitrogens with zero attached hydrogens (tertiary/aromatic N) is 4. The molecule has 3 aromatic heterocycles. The number of pyridine rings is 2. The summed E-state index contributed by atoms with van der Waals surface area (Å²) in [7, 11) is 0. The molecule has 1 atom stereocenters. The van der Waals surface area contributed by atoms with Gasteiger partial charge in [0.1, 0.15) is 0 Å². The SMILES string of the molecule is C1=CC(c2ccccc2)CC=C1c1cc(-c2ccc(-c3ccc(-c4ccc5ccc6cccnc6c5n4)cc3)c3ccccc23)nc(-c2ccccc2)n1. The molecule has 0 saturated carbocycles. The van der Waals surface area contributed by atoms with Crippen LogP contribution in [-0.2, 0) is 0 Å². The lowest BCUT2D eigenvalue weighted by Crippen LogP contribution is -2.02. The first-order chi connectivity index (χ1) is 26.7. The number of hydrogen-bond donors (Lipinski definition) is 0. The fourth-order valence-corrected chi connectivity index (χ4v) is 7.69. The van der Waals surface area contributed by atoms with Gasteiger partial charge in [-0.25, -0.2) is 15.0 Å². The van der Waals surface area contributed by atoms with E-state index in [0.717, 1.165) is 84.3 Å². The van der Waals surface area contributed by atoms with Gasteiger partial charge in [-0.2, -0.15) is 0 Å². The topological polar surface area (TPSA) is 51.6 Å². The van der Waals surface area contributed by atoms with Crippen molar-refractivity contribution in [1.29, 1.82) is 0 Å². The maximum atomic E-state index is 5.20. The monoisotopic (exact) mass is 690 g/mol. The summed E-state index contributed by atoms with van der Waals surface area (Å²) in [5.74, 6) is 1.08. The van der Waals surface area contributed by atoms with Crippen LogP contribution in [0.1, 0.15) is 23.6 Å². The normalized spacial score (nSPS) is 14.1. The van der Waals surface area contributed by atoms with Gasteiger partial charge in [-0.15, -0.1) is 0 Å². The lowest BCUT2D eigenvalue weighted by atomic mass is 9.89. The molecule has 4 nitrogen and oxygen atoms in total. The molecular weight excluding hydrogens is 657 g/mol. The van der Waals surface area contributed by atoms with Gasteiger partial charge in [-0.3, -0.25) is 4.98 Å². The van der Waals surface area contributed by atoms with E-state index in [4.69, 9.17) is 15.0 Å². The fraction of sp³-hybridized carbons (Fsp3) is 0.0400. The van der Waals surface area contributed by atoms with Gasteiger partial charge in [0, 0.05) is 39.6 Å². The van der Waals surface area contributed by atoms with Crippen molar-refractivity contribution < 1.29 is 0 Å². The molecule has 54 heavy (non-hydrogen) atoms. The molecule has 4 heteroatoms. The molecule has 3 heterocycles. The summed E-state index contributed by atoms with van der Waals surface area (Å²) >= 11 is 0. The molecule has 9 aromatic rings. The first-order valence-electron chi connectivity index (χ1n) is 18.4. The van der Waals surface area contributed by atoms with E-state index in [0.29, 0.717) is 5.92 Å². The molecule has 0 bridgehead atoms. The molecule has 10 rings (SSSR count). The third-order valence-corrected chi connectivity index (χ3v) is 10.5. The average Bonchev–Trinajstić information content (AvgIpc) is 3.26. The number of allylic oxidation sites excluding steroid dienone is 4. The lowest BCUT2D eigenvalue weighted by molar-refractivity contribution is 0.855. The lowest BCUT2D eigenvalue weighted by Gasteiger charge is -2.18. The highest BCUT2D eigenvalue weighted by molar-refractivity contribution is 6.05. The third-order valence-electron chi connectivity index (χ3n) is 10.5. The van der Waals surface area contributed by atoms with Gasteiger partial charge in [-0.05, 0) is 57.7 Å². The number of benzene rings is 6. The van der Waals surface area contributed by atoms with E-state index in [1.54, 1.807) is 0 Å². The minimum atomic E-state index is 0.358. The molecule has 0 radical (unpaired) electrons. The molecule has 6 aromatic carbocycles. The van der Waals surface area contributed by atoms with Crippen LogP contribution in [0.4, 0.5) is 0 Å². The number of hydrogen-bond acceptors (Lipinski definition) is 4. The van der Waals surface area contributed by atoms with Crippen molar-refractivity contribution >= 4 is 38.2 Å². The van der Waals surface area contributed by atoms with E-state index in [9.17, 15) is 0 Å².